The molecule has 3 aromatic rings. The van der Waals surface area contributed by atoms with Crippen LogP contribution >= 0.6 is 0 Å². The van der Waals surface area contributed by atoms with Gasteiger partial charge in [-0.05, 0) is 76.4 Å². The lowest BCUT2D eigenvalue weighted by Gasteiger charge is -2.48. The summed E-state index contributed by atoms with van der Waals surface area (Å²) < 4.78 is 53.7. The number of aliphatic carboxylic acids is 1. The molecule has 2 aromatic carbocycles. The number of benzene rings is 2. The molecule has 6 unspecified atom stereocenters. The van der Waals surface area contributed by atoms with Crippen LogP contribution in [0.4, 0.5) is 4.39 Å². The Morgan fingerprint density at radius 3 is 2.36 bits per heavy atom. The lowest BCUT2D eigenvalue weighted by Crippen LogP contribution is -2.64. The highest BCUT2D eigenvalue weighted by atomic mass is 19.1. The van der Waals surface area contributed by atoms with Crippen molar-refractivity contribution in [2.75, 3.05) is 20.2 Å². The van der Waals surface area contributed by atoms with Gasteiger partial charge in [-0.3, -0.25) is 4.79 Å². The maximum absolute atomic E-state index is 14.4. The number of ether oxygens (including phenoxy) is 6. The molecule has 3 heterocycles. The van der Waals surface area contributed by atoms with Crippen molar-refractivity contribution >= 4 is 17.7 Å². The molecule has 15 atom stereocenters. The first-order valence-corrected chi connectivity index (χ1v) is 23.2. The average molecular weight is 943 g/mol. The minimum absolute atomic E-state index is 0.00965. The van der Waals surface area contributed by atoms with Crippen molar-refractivity contribution < 1.29 is 77.8 Å². The van der Waals surface area contributed by atoms with Crippen LogP contribution < -0.4 is 5.32 Å². The fraction of sp³-hybridized carbons (Fsp3) is 0.638. The molecule has 0 bridgehead atoms. The second-order valence-electron chi connectivity index (χ2n) is 18.1. The number of aromatic nitrogens is 3. The SMILES string of the molecule is CNCCCC(=O)C1CC(n2cc(-c3cccc(F)c3)nn2)[C@@H](O[C@@H]2OC(C)[C@@H](O)[C@H](O)C2O)[C@H](O[C@@H]2O[C@@H](CO)[C@H](O)C(O[C@@H](CC3CCCCC3)C(=O)O)C2OC(=O)c2ccccc2)C1. The summed E-state index contributed by atoms with van der Waals surface area (Å²) in [6.45, 7) is 1.22. The number of hydrogen-bond donors (Lipinski definition) is 7. The standard InChI is InChI=1S/C47H63FN4O15/c1-25-37(55)39(57)40(58)46(62-25)67-41-32(52-23-31(50-51-52)28-15-9-16-30(48)20-28)21-29(33(54)17-10-18-49-2)22-34(41)64-47-43(66-45(61)27-13-7-4-8-14-27)42(38(56)36(24-53)65-47)63-35(44(59)60)19-26-11-5-3-6-12-26/h4,7-9,13-16,20,23,25-26,29,32,34-43,46-47,49,53,55-58H,3,5-6,10-12,17-19,21-22,24H2,1-2H3,(H,59,60)/t25?,29?,32?,34-,35+,36+,37-,38+,39+,40?,41-,42?,43?,46+,47-/m1/s1. The number of esters is 1. The molecule has 0 amide bonds. The van der Waals surface area contributed by atoms with Crippen molar-refractivity contribution in [1.82, 2.24) is 20.3 Å². The molecule has 67 heavy (non-hydrogen) atoms. The topological polar surface area (TPSA) is 271 Å². The summed E-state index contributed by atoms with van der Waals surface area (Å²) in [5, 5.41) is 77.3. The predicted octanol–water partition coefficient (Wildman–Crippen LogP) is 2.31. The second-order valence-corrected chi connectivity index (χ2v) is 18.1. The molecule has 0 spiro atoms. The first-order chi connectivity index (χ1) is 32.3. The number of carbonyl (C=O) groups excluding carboxylic acids is 2. The molecule has 4 aliphatic rings. The van der Waals surface area contributed by atoms with Crippen molar-refractivity contribution in [2.24, 2.45) is 11.8 Å². The molecule has 2 saturated heterocycles. The molecule has 20 heteroatoms. The third-order valence-corrected chi connectivity index (χ3v) is 13.4. The van der Waals surface area contributed by atoms with E-state index >= 15 is 0 Å². The van der Waals surface area contributed by atoms with Crippen LogP contribution in [0.2, 0.25) is 0 Å². The van der Waals surface area contributed by atoms with Crippen molar-refractivity contribution in [3.63, 3.8) is 0 Å². The van der Waals surface area contributed by atoms with E-state index in [2.05, 4.69) is 15.6 Å². The number of aliphatic hydroxyl groups excluding tert-OH is 5. The zero-order chi connectivity index (χ0) is 47.8. The molecule has 2 saturated carbocycles. The van der Waals surface area contributed by atoms with E-state index in [-0.39, 0.29) is 48.6 Å². The number of hydrogen-bond acceptors (Lipinski definition) is 17. The normalized spacial score (nSPS) is 33.2. The minimum Gasteiger partial charge on any atom is -0.479 e. The van der Waals surface area contributed by atoms with Gasteiger partial charge in [-0.2, -0.15) is 0 Å². The van der Waals surface area contributed by atoms with Gasteiger partial charge in [0.25, 0.3) is 0 Å². The van der Waals surface area contributed by atoms with Gasteiger partial charge in [-0.25, -0.2) is 18.7 Å². The minimum atomic E-state index is -1.79. The number of carboxylic acid groups (broad SMARTS) is 1. The smallest absolute Gasteiger partial charge is 0.338 e. The van der Waals surface area contributed by atoms with E-state index in [1.807, 2.05) is 0 Å². The number of nitrogens with one attached hydrogen (secondary N) is 1. The van der Waals surface area contributed by atoms with Crippen LogP contribution in [0.5, 0.6) is 0 Å². The van der Waals surface area contributed by atoms with Gasteiger partial charge in [0.1, 0.15) is 60.0 Å². The van der Waals surface area contributed by atoms with Gasteiger partial charge in [0.15, 0.2) is 24.8 Å². The summed E-state index contributed by atoms with van der Waals surface area (Å²) >= 11 is 0. The fourth-order valence-electron chi connectivity index (χ4n) is 9.66. The van der Waals surface area contributed by atoms with Gasteiger partial charge in [-0.15, -0.1) is 5.10 Å². The van der Waals surface area contributed by atoms with E-state index in [0.717, 1.165) is 32.1 Å². The van der Waals surface area contributed by atoms with E-state index in [1.165, 1.54) is 48.1 Å². The zero-order valence-electron chi connectivity index (χ0n) is 37.6. The number of halogens is 1. The fourth-order valence-corrected chi connectivity index (χ4v) is 9.66. The Morgan fingerprint density at radius 2 is 1.66 bits per heavy atom. The molecule has 7 N–H and O–H groups in total. The molecule has 2 aliphatic carbocycles. The van der Waals surface area contributed by atoms with Crippen LogP contribution in [0.15, 0.2) is 60.8 Å². The van der Waals surface area contributed by atoms with Crippen LogP contribution in [0.3, 0.4) is 0 Å². The Hall–Kier alpha value is -4.32. The first kappa shape index (κ1) is 50.6. The molecular formula is C47H63FN4O15. The van der Waals surface area contributed by atoms with E-state index in [4.69, 9.17) is 28.4 Å². The maximum Gasteiger partial charge on any atom is 0.338 e. The van der Waals surface area contributed by atoms with Crippen LogP contribution in [-0.4, -0.2) is 163 Å². The molecule has 1 aromatic heterocycles. The van der Waals surface area contributed by atoms with Gasteiger partial charge in [0.2, 0.25) is 0 Å². The third-order valence-electron chi connectivity index (χ3n) is 13.4. The summed E-state index contributed by atoms with van der Waals surface area (Å²) in [6.07, 6.45) is -13.2. The van der Waals surface area contributed by atoms with E-state index in [9.17, 15) is 49.4 Å². The third kappa shape index (κ3) is 12.3. The highest BCUT2D eigenvalue weighted by molar-refractivity contribution is 5.89. The molecule has 7 rings (SSSR count). The van der Waals surface area contributed by atoms with Crippen LogP contribution in [0, 0.1) is 17.7 Å². The highest BCUT2D eigenvalue weighted by Gasteiger charge is 2.54. The summed E-state index contributed by atoms with van der Waals surface area (Å²) in [5.74, 6) is -3.62. The van der Waals surface area contributed by atoms with Gasteiger partial charge >= 0.3 is 11.9 Å². The largest absolute Gasteiger partial charge is 0.479 e. The number of nitrogens with zero attached hydrogens (tertiary/aromatic N) is 3. The van der Waals surface area contributed by atoms with E-state index in [0.29, 0.717) is 18.5 Å². The Morgan fingerprint density at radius 1 is 0.896 bits per heavy atom. The van der Waals surface area contributed by atoms with Crippen LogP contribution in [0.25, 0.3) is 11.3 Å². The van der Waals surface area contributed by atoms with Gasteiger partial charge in [0.05, 0.1) is 36.6 Å². The van der Waals surface area contributed by atoms with Crippen molar-refractivity contribution in [3.05, 3.63) is 72.2 Å². The number of ketones is 1. The molecular weight excluding hydrogens is 880 g/mol. The Kier molecular flexibility index (Phi) is 17.6. The van der Waals surface area contributed by atoms with Gasteiger partial charge in [0, 0.05) is 17.9 Å². The number of aliphatic hydroxyl groups is 5. The van der Waals surface area contributed by atoms with Gasteiger partial charge < -0.3 is 64.4 Å². The molecule has 19 nitrogen and oxygen atoms in total. The number of Topliss-reactive ketones (excluding diaryl/α,β-unsaturated/α-hetero) is 1. The average Bonchev–Trinajstić information content (AvgIpc) is 3.83. The van der Waals surface area contributed by atoms with E-state index in [1.54, 1.807) is 31.3 Å². The molecule has 368 valence electrons. The Balaban J connectivity index is 1.30. The zero-order valence-corrected chi connectivity index (χ0v) is 37.6. The summed E-state index contributed by atoms with van der Waals surface area (Å²) in [6, 6.07) is 12.6. The highest BCUT2D eigenvalue weighted by Crippen LogP contribution is 2.42. The summed E-state index contributed by atoms with van der Waals surface area (Å²) in [4.78, 5) is 41.0. The lowest BCUT2D eigenvalue weighted by molar-refractivity contribution is -0.348. The summed E-state index contributed by atoms with van der Waals surface area (Å²) in [5.41, 5.74) is 0.759. The Bertz CT molecular complexity index is 2080. The number of carbonyl (C=O) groups is 3. The molecule has 2 aliphatic heterocycles. The van der Waals surface area contributed by atoms with Crippen molar-refractivity contribution in [2.45, 2.75) is 157 Å². The number of rotatable bonds is 19. The second kappa shape index (κ2) is 23.3. The Labute approximate surface area is 387 Å². The molecule has 4 fully saturated rings. The first-order valence-electron chi connectivity index (χ1n) is 23.2. The predicted molar refractivity (Wildman–Crippen MR) is 232 cm³/mol. The van der Waals surface area contributed by atoms with Gasteiger partial charge in [-0.1, -0.05) is 67.6 Å². The maximum atomic E-state index is 14.4. The lowest BCUT2D eigenvalue weighted by atomic mass is 9.78. The van der Waals surface area contributed by atoms with Crippen LogP contribution in [-0.2, 0) is 38.0 Å². The summed E-state index contributed by atoms with van der Waals surface area (Å²) in [7, 11) is 1.76. The quantitative estimate of drug-likeness (QED) is 0.0671. The van der Waals surface area contributed by atoms with E-state index < -0.39 is 116 Å². The van der Waals surface area contributed by atoms with Crippen molar-refractivity contribution in [3.8, 4) is 11.3 Å². The van der Waals surface area contributed by atoms with Crippen molar-refractivity contribution in [1.29, 1.82) is 0 Å². The monoisotopic (exact) mass is 942 g/mol. The molecule has 0 radical (unpaired) electrons. The number of carboxylic acids is 1. The van der Waals surface area contributed by atoms with Crippen LogP contribution in [0.1, 0.15) is 87.5 Å².